The molecule has 3 aromatic rings. The molecule has 6 rings (SSSR count). The first-order valence-corrected chi connectivity index (χ1v) is 17.6. The van der Waals surface area contributed by atoms with E-state index in [1.165, 1.54) is 4.90 Å². The van der Waals surface area contributed by atoms with Crippen LogP contribution < -0.4 is 10.6 Å². The lowest BCUT2D eigenvalue weighted by molar-refractivity contribution is -0.145. The summed E-state index contributed by atoms with van der Waals surface area (Å²) in [7, 11) is 0. The van der Waals surface area contributed by atoms with Gasteiger partial charge < -0.3 is 25.4 Å². The van der Waals surface area contributed by atoms with Crippen molar-refractivity contribution in [1.29, 1.82) is 0 Å². The molecule has 1 saturated carbocycles. The molecule has 12 nitrogen and oxygen atoms in total. The molecule has 4 heterocycles. The minimum atomic E-state index is -1.42. The Bertz CT molecular complexity index is 1760. The summed E-state index contributed by atoms with van der Waals surface area (Å²) < 4.78 is 5.49. The highest BCUT2D eigenvalue weighted by molar-refractivity contribution is 7.08. The van der Waals surface area contributed by atoms with E-state index in [1.807, 2.05) is 30.5 Å². The van der Waals surface area contributed by atoms with Crippen LogP contribution in [0.25, 0.3) is 22.2 Å². The van der Waals surface area contributed by atoms with Gasteiger partial charge in [0.25, 0.3) is 0 Å². The van der Waals surface area contributed by atoms with Crippen LogP contribution in [0.5, 0.6) is 0 Å². The van der Waals surface area contributed by atoms with Crippen LogP contribution >= 0.6 is 11.3 Å². The number of carbonyl (C=O) groups excluding carboxylic acids is 3. The van der Waals surface area contributed by atoms with Crippen molar-refractivity contribution < 1.29 is 29.0 Å². The first kappa shape index (κ1) is 33.6. The number of hydrogen-bond donors (Lipinski definition) is 3. The van der Waals surface area contributed by atoms with E-state index in [9.17, 15) is 24.3 Å². The number of rotatable bonds is 4. The van der Waals surface area contributed by atoms with E-state index in [4.69, 9.17) is 14.9 Å². The minimum Gasteiger partial charge on any atom is -0.479 e. The van der Waals surface area contributed by atoms with Crippen molar-refractivity contribution >= 4 is 46.2 Å². The van der Waals surface area contributed by atoms with E-state index < -0.39 is 53.1 Å². The number of aromatic nitrogens is 3. The number of carbonyl (C=O) groups is 4. The molecule has 0 bridgehead atoms. The summed E-state index contributed by atoms with van der Waals surface area (Å²) in [6, 6.07) is 1.71. The smallest absolute Gasteiger partial charge is 0.408 e. The van der Waals surface area contributed by atoms with Crippen LogP contribution in [0.3, 0.4) is 0 Å². The summed E-state index contributed by atoms with van der Waals surface area (Å²) >= 11 is 1.62. The third-order valence-electron chi connectivity index (χ3n) is 9.75. The minimum absolute atomic E-state index is 0.114. The van der Waals surface area contributed by atoms with Crippen molar-refractivity contribution in [3.63, 3.8) is 0 Å². The molecule has 2 fully saturated rings. The second-order valence-electron chi connectivity index (χ2n) is 14.3. The first-order valence-electron chi connectivity index (χ1n) is 16.7. The number of ether oxygens (including phenoxy) is 1. The number of fused-ring (bicyclic) bond motifs is 3. The van der Waals surface area contributed by atoms with Crippen LogP contribution in [0.1, 0.15) is 82.9 Å². The molecular formula is C35H44N6O6S. The lowest BCUT2D eigenvalue weighted by Crippen LogP contribution is -2.56. The molecule has 1 saturated heterocycles. The van der Waals surface area contributed by atoms with E-state index in [0.29, 0.717) is 18.4 Å². The van der Waals surface area contributed by atoms with Gasteiger partial charge in [0.1, 0.15) is 34.3 Å². The van der Waals surface area contributed by atoms with Crippen molar-refractivity contribution in [2.24, 2.45) is 5.92 Å². The zero-order valence-corrected chi connectivity index (χ0v) is 28.9. The topological polar surface area (TPSA) is 156 Å². The number of aryl methyl sites for hydroxylation is 1. The maximum atomic E-state index is 14.3. The molecule has 13 heteroatoms. The van der Waals surface area contributed by atoms with Gasteiger partial charge in [0, 0.05) is 18.9 Å². The Labute approximate surface area is 283 Å². The Morgan fingerprint density at radius 3 is 2.65 bits per heavy atom. The van der Waals surface area contributed by atoms with E-state index >= 15 is 0 Å². The monoisotopic (exact) mass is 676 g/mol. The summed E-state index contributed by atoms with van der Waals surface area (Å²) in [5, 5.41) is 29.6. The van der Waals surface area contributed by atoms with Crippen molar-refractivity contribution in [3.8, 4) is 11.1 Å². The van der Waals surface area contributed by atoms with Crippen LogP contribution in [0.4, 0.5) is 4.79 Å². The van der Waals surface area contributed by atoms with Crippen LogP contribution in [-0.4, -0.2) is 78.6 Å². The molecule has 3 N–H and O–H groups in total. The van der Waals surface area contributed by atoms with Gasteiger partial charge in [0.05, 0.1) is 6.04 Å². The molecular weight excluding hydrogens is 632 g/mol. The third kappa shape index (κ3) is 6.69. The normalized spacial score (nSPS) is 27.3. The lowest BCUT2D eigenvalue weighted by Gasteiger charge is -2.30. The van der Waals surface area contributed by atoms with Gasteiger partial charge in [0.15, 0.2) is 0 Å². The summed E-state index contributed by atoms with van der Waals surface area (Å²) in [4.78, 5) is 56.7. The van der Waals surface area contributed by atoms with Crippen molar-refractivity contribution in [3.05, 3.63) is 46.2 Å². The van der Waals surface area contributed by atoms with Gasteiger partial charge in [-0.1, -0.05) is 25.0 Å². The third-order valence-corrected chi connectivity index (χ3v) is 10.4. The predicted octanol–water partition coefficient (Wildman–Crippen LogP) is 5.29. The molecule has 0 spiro atoms. The fraction of sp³-hybridized carbons (Fsp3) is 0.543. The summed E-state index contributed by atoms with van der Waals surface area (Å²) in [6.07, 6.45) is 7.08. The number of alkyl carbamates (subject to hydrolysis) is 1. The quantitative estimate of drug-likeness (QED) is 0.315. The molecule has 48 heavy (non-hydrogen) atoms. The van der Waals surface area contributed by atoms with Crippen molar-refractivity contribution in [2.45, 2.75) is 109 Å². The summed E-state index contributed by atoms with van der Waals surface area (Å²) in [6.45, 7) is 9.44. The van der Waals surface area contributed by atoms with E-state index in [2.05, 4.69) is 29.0 Å². The zero-order valence-electron chi connectivity index (χ0n) is 28.1. The Balaban J connectivity index is 1.34. The second-order valence-corrected chi connectivity index (χ2v) is 15.1. The lowest BCUT2D eigenvalue weighted by atomic mass is 9.98. The largest absolute Gasteiger partial charge is 0.479 e. The van der Waals surface area contributed by atoms with Crippen LogP contribution in [0.15, 0.2) is 35.0 Å². The maximum Gasteiger partial charge on any atom is 0.408 e. The van der Waals surface area contributed by atoms with Gasteiger partial charge in [-0.2, -0.15) is 26.3 Å². The number of benzene rings is 1. The number of carboxylic acid groups (broad SMARTS) is 1. The molecule has 2 aromatic heterocycles. The molecule has 256 valence electrons. The molecule has 3 aliphatic rings. The number of nitrogens with one attached hydrogen (secondary N) is 2. The summed E-state index contributed by atoms with van der Waals surface area (Å²) in [5.74, 6) is -2.39. The average molecular weight is 677 g/mol. The number of nitrogens with zero attached hydrogens (tertiary/aromatic N) is 4. The highest BCUT2D eigenvalue weighted by atomic mass is 32.1. The number of carboxylic acids is 1. The number of amides is 3. The molecule has 3 amide bonds. The molecule has 4 unspecified atom stereocenters. The Hall–Kier alpha value is -4.26. The highest BCUT2D eigenvalue weighted by Gasteiger charge is 2.61. The van der Waals surface area contributed by atoms with Gasteiger partial charge >= 0.3 is 12.1 Å². The standard InChI is InChI=1S/C35H44N6O6S/c1-20-21(2)29-27(16-25(20)22-13-14-48-19-22)38-41(39-29)24-15-28-30(42)37-35(32(44)45)17-23(35)11-9-7-6-8-10-12-26(31(43)40(28)18-24)36-33(46)47-34(3,4)5/h9,11,13-14,16,19,23-24,26,28H,6-8,10,12,15,17-18H2,1-5H3,(H,36,46)(H,37,42)(H,44,45)/b11-9-/t23?,24-,26?,28?,35?/m1/s1. The second kappa shape index (κ2) is 13.0. The number of thiophene rings is 1. The fourth-order valence-corrected chi connectivity index (χ4v) is 7.55. The van der Waals surface area contributed by atoms with Gasteiger partial charge in [-0.05, 0) is 105 Å². The zero-order chi connectivity index (χ0) is 34.4. The fourth-order valence-electron chi connectivity index (χ4n) is 6.90. The maximum absolute atomic E-state index is 14.3. The van der Waals surface area contributed by atoms with E-state index in [0.717, 1.165) is 47.0 Å². The molecule has 5 atom stereocenters. The van der Waals surface area contributed by atoms with Gasteiger partial charge in [0.2, 0.25) is 11.8 Å². The summed E-state index contributed by atoms with van der Waals surface area (Å²) in [5.41, 5.74) is 3.55. The molecule has 2 aliphatic heterocycles. The molecule has 1 aliphatic carbocycles. The number of aliphatic carboxylic acids is 1. The predicted molar refractivity (Wildman–Crippen MR) is 181 cm³/mol. The Morgan fingerprint density at radius 1 is 1.15 bits per heavy atom. The van der Waals surface area contributed by atoms with Gasteiger partial charge in [-0.3, -0.25) is 9.59 Å². The molecule has 0 radical (unpaired) electrons. The first-order chi connectivity index (χ1) is 22.8. The van der Waals surface area contributed by atoms with Crippen LogP contribution in [0, 0.1) is 19.8 Å². The van der Waals surface area contributed by atoms with Gasteiger partial charge in [-0.25, -0.2) is 9.59 Å². The average Bonchev–Trinajstić information content (AvgIpc) is 3.47. The van der Waals surface area contributed by atoms with Crippen LogP contribution in [0.2, 0.25) is 0 Å². The van der Waals surface area contributed by atoms with E-state index in [-0.39, 0.29) is 25.3 Å². The molecule has 1 aromatic carbocycles. The Morgan fingerprint density at radius 2 is 1.94 bits per heavy atom. The Kier molecular flexibility index (Phi) is 9.10. The van der Waals surface area contributed by atoms with Gasteiger partial charge in [-0.15, -0.1) is 0 Å². The highest BCUT2D eigenvalue weighted by Crippen LogP contribution is 2.45. The van der Waals surface area contributed by atoms with Crippen molar-refractivity contribution in [1.82, 2.24) is 30.5 Å². The van der Waals surface area contributed by atoms with Crippen molar-refractivity contribution in [2.75, 3.05) is 6.54 Å². The number of allylic oxidation sites excluding steroid dienone is 1. The van der Waals surface area contributed by atoms with Crippen LogP contribution in [-0.2, 0) is 19.1 Å². The SMILES string of the molecule is Cc1c(-c2ccsc2)cc2nn([C@@H]3CC4C(=O)NC5(C(=O)O)CC5/C=C\CCCCCC(NC(=O)OC(C)(C)C)C(=O)N4C3)nc2c1C. The van der Waals surface area contributed by atoms with E-state index in [1.54, 1.807) is 36.9 Å². The number of hydrogen-bond acceptors (Lipinski definition) is 8.